The molecule has 2 amide bonds. The summed E-state index contributed by atoms with van der Waals surface area (Å²) < 4.78 is 25.1. The molecule has 6 nitrogen and oxygen atoms in total. The lowest BCUT2D eigenvalue weighted by Crippen LogP contribution is -2.30. The number of benzene rings is 2. The van der Waals surface area contributed by atoms with Gasteiger partial charge in [-0.05, 0) is 36.4 Å². The Labute approximate surface area is 160 Å². The molecule has 136 valence electrons. The Morgan fingerprint density at radius 2 is 1.92 bits per heavy atom. The van der Waals surface area contributed by atoms with Crippen LogP contribution < -0.4 is 9.62 Å². The van der Waals surface area contributed by atoms with Gasteiger partial charge >= 0.3 is 0 Å². The fourth-order valence-electron chi connectivity index (χ4n) is 2.67. The number of anilines is 2. The van der Waals surface area contributed by atoms with Crippen molar-refractivity contribution in [2.24, 2.45) is 5.92 Å². The van der Waals surface area contributed by atoms with Crippen LogP contribution in [0.1, 0.15) is 17.3 Å². The van der Waals surface area contributed by atoms with E-state index in [9.17, 15) is 18.0 Å². The molecule has 0 spiro atoms. The molecule has 1 aliphatic rings. The van der Waals surface area contributed by atoms with Crippen LogP contribution in [0.2, 0.25) is 10.0 Å². The number of carbonyl (C=O) groups is 2. The fraction of sp³-hybridized carbons (Fsp3) is 0.176. The third-order valence-corrected chi connectivity index (χ3v) is 6.29. The van der Waals surface area contributed by atoms with Gasteiger partial charge in [0.1, 0.15) is 0 Å². The minimum atomic E-state index is -3.73. The number of nitrogens with zero attached hydrogens (tertiary/aromatic N) is 1. The van der Waals surface area contributed by atoms with Gasteiger partial charge in [0.15, 0.2) is 0 Å². The van der Waals surface area contributed by atoms with Crippen LogP contribution in [-0.4, -0.2) is 26.0 Å². The van der Waals surface area contributed by atoms with Gasteiger partial charge in [-0.25, -0.2) is 12.7 Å². The average molecular weight is 413 g/mol. The van der Waals surface area contributed by atoms with E-state index in [0.29, 0.717) is 10.7 Å². The molecule has 0 saturated carbocycles. The van der Waals surface area contributed by atoms with E-state index in [-0.39, 0.29) is 22.0 Å². The number of hydrogen-bond donors (Lipinski definition) is 1. The van der Waals surface area contributed by atoms with Gasteiger partial charge in [-0.1, -0.05) is 36.2 Å². The van der Waals surface area contributed by atoms with Crippen molar-refractivity contribution in [3.63, 3.8) is 0 Å². The predicted octanol–water partition coefficient (Wildman–Crippen LogP) is 3.56. The van der Waals surface area contributed by atoms with E-state index >= 15 is 0 Å². The first-order valence-electron chi connectivity index (χ1n) is 7.62. The molecule has 1 N–H and O–H groups in total. The lowest BCUT2D eigenvalue weighted by atomic mass is 10.1. The predicted molar refractivity (Wildman–Crippen MR) is 101 cm³/mol. The Morgan fingerprint density at radius 1 is 1.19 bits per heavy atom. The van der Waals surface area contributed by atoms with Crippen LogP contribution >= 0.6 is 23.2 Å². The Bertz CT molecular complexity index is 1010. The highest BCUT2D eigenvalue weighted by Gasteiger charge is 2.42. The van der Waals surface area contributed by atoms with Crippen molar-refractivity contribution in [2.45, 2.75) is 6.92 Å². The number of nitrogens with one attached hydrogen (secondary N) is 1. The molecular weight excluding hydrogens is 399 g/mol. The average Bonchev–Trinajstić information content (AvgIpc) is 2.74. The minimum Gasteiger partial charge on any atom is -0.322 e. The van der Waals surface area contributed by atoms with Gasteiger partial charge in [-0.2, -0.15) is 0 Å². The van der Waals surface area contributed by atoms with E-state index in [0.717, 1.165) is 4.31 Å². The van der Waals surface area contributed by atoms with Gasteiger partial charge in [-0.3, -0.25) is 9.59 Å². The van der Waals surface area contributed by atoms with E-state index in [2.05, 4.69) is 5.32 Å². The molecular formula is C17H14Cl2N2O4S. The standard InChI is InChI=1S/C17H14Cl2N2O4S/c1-10-9-26(24,25)21(17(10)23)13-5-6-14(15(19)8-13)16(22)20-12-4-2-3-11(18)7-12/h2-8,10H,9H2,1H3,(H,20,22). The SMILES string of the molecule is CC1CS(=O)(=O)N(c2ccc(C(=O)Nc3cccc(Cl)c3)c(Cl)c2)C1=O. The highest BCUT2D eigenvalue weighted by atomic mass is 35.5. The second kappa shape index (κ2) is 6.90. The maximum atomic E-state index is 12.4. The number of hydrogen-bond acceptors (Lipinski definition) is 4. The fourth-order valence-corrected chi connectivity index (χ4v) is 4.93. The van der Waals surface area contributed by atoms with Crippen LogP contribution in [0.15, 0.2) is 42.5 Å². The molecule has 3 rings (SSSR count). The highest BCUT2D eigenvalue weighted by Crippen LogP contribution is 2.31. The van der Waals surface area contributed by atoms with Gasteiger partial charge in [-0.15, -0.1) is 0 Å². The molecule has 26 heavy (non-hydrogen) atoms. The largest absolute Gasteiger partial charge is 0.322 e. The van der Waals surface area contributed by atoms with E-state index in [4.69, 9.17) is 23.2 Å². The molecule has 0 aliphatic carbocycles. The number of carbonyl (C=O) groups excluding carboxylic acids is 2. The molecule has 2 aromatic rings. The van der Waals surface area contributed by atoms with Gasteiger partial charge in [0.2, 0.25) is 15.9 Å². The van der Waals surface area contributed by atoms with Gasteiger partial charge < -0.3 is 5.32 Å². The first kappa shape index (κ1) is 18.7. The van der Waals surface area contributed by atoms with E-state index in [1.807, 2.05) is 0 Å². The molecule has 1 heterocycles. The first-order chi connectivity index (χ1) is 12.2. The Hall–Kier alpha value is -2.09. The molecule has 2 aromatic carbocycles. The summed E-state index contributed by atoms with van der Waals surface area (Å²) in [5, 5.41) is 3.15. The normalized spacial score (nSPS) is 18.8. The smallest absolute Gasteiger partial charge is 0.257 e. The zero-order chi connectivity index (χ0) is 19.1. The van der Waals surface area contributed by atoms with Crippen molar-refractivity contribution in [3.8, 4) is 0 Å². The van der Waals surface area contributed by atoms with Crippen LogP contribution in [-0.2, 0) is 14.8 Å². The summed E-state index contributed by atoms with van der Waals surface area (Å²) in [6.07, 6.45) is 0. The maximum absolute atomic E-state index is 12.4. The van der Waals surface area contributed by atoms with Gasteiger partial charge in [0.05, 0.1) is 27.9 Å². The number of sulfonamides is 1. The Morgan fingerprint density at radius 3 is 2.50 bits per heavy atom. The Kier molecular flexibility index (Phi) is 4.96. The van der Waals surface area contributed by atoms with Crippen LogP contribution in [0.4, 0.5) is 11.4 Å². The summed E-state index contributed by atoms with van der Waals surface area (Å²) in [6.45, 7) is 1.55. The monoisotopic (exact) mass is 412 g/mol. The second-order valence-electron chi connectivity index (χ2n) is 5.91. The molecule has 1 saturated heterocycles. The second-order valence-corrected chi connectivity index (χ2v) is 8.62. The molecule has 9 heteroatoms. The van der Waals surface area contributed by atoms with E-state index < -0.39 is 27.8 Å². The molecule has 1 aliphatic heterocycles. The van der Waals surface area contributed by atoms with Crippen molar-refractivity contribution in [1.82, 2.24) is 0 Å². The van der Waals surface area contributed by atoms with Crippen molar-refractivity contribution in [1.29, 1.82) is 0 Å². The molecule has 0 aromatic heterocycles. The van der Waals surface area contributed by atoms with Crippen molar-refractivity contribution < 1.29 is 18.0 Å². The number of amides is 2. The Balaban J connectivity index is 1.88. The quantitative estimate of drug-likeness (QED) is 0.834. The lowest BCUT2D eigenvalue weighted by Gasteiger charge is -2.16. The summed E-state index contributed by atoms with van der Waals surface area (Å²) in [5.74, 6) is -1.87. The summed E-state index contributed by atoms with van der Waals surface area (Å²) in [4.78, 5) is 24.5. The van der Waals surface area contributed by atoms with Crippen molar-refractivity contribution in [3.05, 3.63) is 58.1 Å². The van der Waals surface area contributed by atoms with E-state index in [1.165, 1.54) is 18.2 Å². The van der Waals surface area contributed by atoms with Crippen LogP contribution in [0.25, 0.3) is 0 Å². The number of rotatable bonds is 3. The highest BCUT2D eigenvalue weighted by molar-refractivity contribution is 7.94. The molecule has 1 unspecified atom stereocenters. The van der Waals surface area contributed by atoms with Crippen LogP contribution in [0.3, 0.4) is 0 Å². The maximum Gasteiger partial charge on any atom is 0.257 e. The number of halogens is 2. The minimum absolute atomic E-state index is 0.0320. The third kappa shape index (κ3) is 3.56. The van der Waals surface area contributed by atoms with Crippen molar-refractivity contribution in [2.75, 3.05) is 15.4 Å². The third-order valence-electron chi connectivity index (χ3n) is 3.87. The summed E-state index contributed by atoms with van der Waals surface area (Å²) in [7, 11) is -3.73. The topological polar surface area (TPSA) is 83.6 Å². The summed E-state index contributed by atoms with van der Waals surface area (Å²) >= 11 is 12.0. The van der Waals surface area contributed by atoms with Crippen molar-refractivity contribution >= 4 is 56.4 Å². The molecule has 1 atom stereocenters. The molecule has 1 fully saturated rings. The molecule has 0 radical (unpaired) electrons. The zero-order valence-corrected chi connectivity index (χ0v) is 15.9. The summed E-state index contributed by atoms with van der Waals surface area (Å²) in [5.41, 5.74) is 0.755. The summed E-state index contributed by atoms with van der Waals surface area (Å²) in [6, 6.07) is 10.7. The first-order valence-corrected chi connectivity index (χ1v) is 9.99. The molecule has 0 bridgehead atoms. The van der Waals surface area contributed by atoms with Gasteiger partial charge in [0, 0.05) is 10.7 Å². The van der Waals surface area contributed by atoms with E-state index in [1.54, 1.807) is 31.2 Å². The zero-order valence-electron chi connectivity index (χ0n) is 13.6. The van der Waals surface area contributed by atoms with Gasteiger partial charge in [0.25, 0.3) is 5.91 Å². The van der Waals surface area contributed by atoms with Crippen LogP contribution in [0, 0.1) is 5.92 Å². The van der Waals surface area contributed by atoms with Crippen LogP contribution in [0.5, 0.6) is 0 Å². The lowest BCUT2D eigenvalue weighted by molar-refractivity contribution is -0.119.